The lowest BCUT2D eigenvalue weighted by atomic mass is 10.1. The maximum Gasteiger partial charge on any atom is 0.224 e. The predicted molar refractivity (Wildman–Crippen MR) is 64.0 cm³/mol. The highest BCUT2D eigenvalue weighted by Crippen LogP contribution is 2.09. The zero-order chi connectivity index (χ0) is 13.4. The SMILES string of the molecule is O=C(Cc1ccc(F)c(F)c1)NCCCCCO. The Labute approximate surface area is 105 Å². The number of nitrogens with one attached hydrogen (secondary N) is 1. The second-order valence-electron chi connectivity index (χ2n) is 4.06. The third-order valence-electron chi connectivity index (χ3n) is 2.51. The second-order valence-corrected chi connectivity index (χ2v) is 4.06. The van der Waals surface area contributed by atoms with E-state index in [1.165, 1.54) is 6.07 Å². The molecule has 0 aromatic heterocycles. The summed E-state index contributed by atoms with van der Waals surface area (Å²) >= 11 is 0. The first-order chi connectivity index (χ1) is 8.63. The van der Waals surface area contributed by atoms with E-state index in [-0.39, 0.29) is 18.9 Å². The highest BCUT2D eigenvalue weighted by molar-refractivity contribution is 5.78. The van der Waals surface area contributed by atoms with Crippen LogP contribution in [0, 0.1) is 11.6 Å². The van der Waals surface area contributed by atoms with E-state index in [9.17, 15) is 13.6 Å². The Kier molecular flexibility index (Phi) is 6.28. The van der Waals surface area contributed by atoms with Crippen molar-refractivity contribution < 1.29 is 18.7 Å². The van der Waals surface area contributed by atoms with Gasteiger partial charge in [0.2, 0.25) is 5.91 Å². The van der Waals surface area contributed by atoms with Gasteiger partial charge in [0.05, 0.1) is 6.42 Å². The van der Waals surface area contributed by atoms with E-state index in [2.05, 4.69) is 5.32 Å². The summed E-state index contributed by atoms with van der Waals surface area (Å²) < 4.78 is 25.6. The molecular weight excluding hydrogens is 240 g/mol. The van der Waals surface area contributed by atoms with Gasteiger partial charge in [-0.25, -0.2) is 8.78 Å². The smallest absolute Gasteiger partial charge is 0.224 e. The molecule has 0 heterocycles. The van der Waals surface area contributed by atoms with Gasteiger partial charge in [0.15, 0.2) is 11.6 Å². The molecule has 0 aliphatic rings. The second kappa shape index (κ2) is 7.76. The van der Waals surface area contributed by atoms with Crippen LogP contribution in [0.1, 0.15) is 24.8 Å². The van der Waals surface area contributed by atoms with Gasteiger partial charge in [0, 0.05) is 13.2 Å². The van der Waals surface area contributed by atoms with E-state index in [0.717, 1.165) is 31.4 Å². The van der Waals surface area contributed by atoms with E-state index in [4.69, 9.17) is 5.11 Å². The van der Waals surface area contributed by atoms with E-state index >= 15 is 0 Å². The van der Waals surface area contributed by atoms with E-state index < -0.39 is 11.6 Å². The Morgan fingerprint density at radius 1 is 1.17 bits per heavy atom. The van der Waals surface area contributed by atoms with Crippen molar-refractivity contribution in [2.45, 2.75) is 25.7 Å². The van der Waals surface area contributed by atoms with Crippen LogP contribution in [0.15, 0.2) is 18.2 Å². The van der Waals surface area contributed by atoms with Crippen molar-refractivity contribution in [3.8, 4) is 0 Å². The molecule has 0 atom stereocenters. The Bertz CT molecular complexity index is 397. The molecule has 0 bridgehead atoms. The average molecular weight is 257 g/mol. The topological polar surface area (TPSA) is 49.3 Å². The van der Waals surface area contributed by atoms with Gasteiger partial charge in [-0.1, -0.05) is 6.07 Å². The van der Waals surface area contributed by atoms with Crippen LogP contribution in [-0.2, 0) is 11.2 Å². The first-order valence-corrected chi connectivity index (χ1v) is 5.95. The van der Waals surface area contributed by atoms with Crippen molar-refractivity contribution in [3.05, 3.63) is 35.4 Å². The fourth-order valence-corrected chi connectivity index (χ4v) is 1.54. The molecule has 5 heteroatoms. The van der Waals surface area contributed by atoms with Crippen molar-refractivity contribution in [2.24, 2.45) is 0 Å². The number of aliphatic hydroxyl groups excluding tert-OH is 1. The van der Waals surface area contributed by atoms with Crippen LogP contribution in [0.4, 0.5) is 8.78 Å². The van der Waals surface area contributed by atoms with Gasteiger partial charge < -0.3 is 10.4 Å². The zero-order valence-corrected chi connectivity index (χ0v) is 10.1. The minimum absolute atomic E-state index is 0.0389. The largest absolute Gasteiger partial charge is 0.396 e. The molecule has 0 aliphatic heterocycles. The van der Waals surface area contributed by atoms with Crippen LogP contribution in [0.25, 0.3) is 0 Å². The van der Waals surface area contributed by atoms with Gasteiger partial charge in [0.1, 0.15) is 0 Å². The first kappa shape index (κ1) is 14.6. The number of hydrogen-bond donors (Lipinski definition) is 2. The first-order valence-electron chi connectivity index (χ1n) is 5.95. The normalized spacial score (nSPS) is 10.4. The third kappa shape index (κ3) is 5.23. The number of carbonyl (C=O) groups is 1. The Hall–Kier alpha value is -1.49. The molecule has 0 saturated carbocycles. The van der Waals surface area contributed by atoms with E-state index in [0.29, 0.717) is 12.1 Å². The molecule has 1 aromatic carbocycles. The minimum Gasteiger partial charge on any atom is -0.396 e. The number of halogens is 2. The highest BCUT2D eigenvalue weighted by atomic mass is 19.2. The molecule has 0 fully saturated rings. The van der Waals surface area contributed by atoms with Crippen molar-refractivity contribution in [1.82, 2.24) is 5.32 Å². The summed E-state index contributed by atoms with van der Waals surface area (Å²) in [5.41, 5.74) is 0.446. The standard InChI is InChI=1S/C13H17F2NO2/c14-11-5-4-10(8-12(11)15)9-13(18)16-6-2-1-3-7-17/h4-5,8,17H,1-3,6-7,9H2,(H,16,18). The Balaban J connectivity index is 2.29. The summed E-state index contributed by atoms with van der Waals surface area (Å²) in [5, 5.41) is 11.3. The maximum absolute atomic E-state index is 12.9. The van der Waals surface area contributed by atoms with Crippen LogP contribution < -0.4 is 5.32 Å². The fraction of sp³-hybridized carbons (Fsp3) is 0.462. The number of aliphatic hydroxyl groups is 1. The van der Waals surface area contributed by atoms with Gasteiger partial charge in [0.25, 0.3) is 0 Å². The molecule has 1 aromatic rings. The van der Waals surface area contributed by atoms with Gasteiger partial charge in [-0.05, 0) is 37.0 Å². The number of rotatable bonds is 7. The number of benzene rings is 1. The average Bonchev–Trinajstić information content (AvgIpc) is 2.34. The lowest BCUT2D eigenvalue weighted by Crippen LogP contribution is -2.26. The van der Waals surface area contributed by atoms with Crippen LogP contribution in [0.5, 0.6) is 0 Å². The monoisotopic (exact) mass is 257 g/mol. The predicted octanol–water partition coefficient (Wildman–Crippen LogP) is 1.79. The van der Waals surface area contributed by atoms with E-state index in [1.807, 2.05) is 0 Å². The zero-order valence-electron chi connectivity index (χ0n) is 10.1. The van der Waals surface area contributed by atoms with Crippen LogP contribution in [-0.4, -0.2) is 24.2 Å². The van der Waals surface area contributed by atoms with Gasteiger partial charge in [-0.3, -0.25) is 4.79 Å². The molecule has 18 heavy (non-hydrogen) atoms. The molecule has 3 nitrogen and oxygen atoms in total. The minimum atomic E-state index is -0.941. The Morgan fingerprint density at radius 3 is 2.61 bits per heavy atom. The maximum atomic E-state index is 12.9. The fourth-order valence-electron chi connectivity index (χ4n) is 1.54. The number of hydrogen-bond acceptors (Lipinski definition) is 2. The summed E-state index contributed by atoms with van der Waals surface area (Å²) in [6.07, 6.45) is 2.41. The molecule has 0 saturated heterocycles. The van der Waals surface area contributed by atoms with Crippen molar-refractivity contribution in [1.29, 1.82) is 0 Å². The lowest BCUT2D eigenvalue weighted by Gasteiger charge is -2.05. The van der Waals surface area contributed by atoms with E-state index in [1.54, 1.807) is 0 Å². The summed E-state index contributed by atoms with van der Waals surface area (Å²) in [6, 6.07) is 3.43. The summed E-state index contributed by atoms with van der Waals surface area (Å²) in [5.74, 6) is -2.07. The number of amides is 1. The van der Waals surface area contributed by atoms with Crippen LogP contribution in [0.2, 0.25) is 0 Å². The van der Waals surface area contributed by atoms with Gasteiger partial charge in [-0.15, -0.1) is 0 Å². The summed E-state index contributed by atoms with van der Waals surface area (Å²) in [4.78, 5) is 11.5. The lowest BCUT2D eigenvalue weighted by molar-refractivity contribution is -0.120. The number of carbonyl (C=O) groups excluding carboxylic acids is 1. The molecule has 0 radical (unpaired) electrons. The molecule has 1 amide bonds. The van der Waals surface area contributed by atoms with Crippen molar-refractivity contribution >= 4 is 5.91 Å². The molecule has 100 valence electrons. The van der Waals surface area contributed by atoms with Gasteiger partial charge in [-0.2, -0.15) is 0 Å². The third-order valence-corrected chi connectivity index (χ3v) is 2.51. The molecule has 0 aliphatic carbocycles. The molecule has 2 N–H and O–H groups in total. The molecule has 0 spiro atoms. The Morgan fingerprint density at radius 2 is 1.94 bits per heavy atom. The molecule has 1 rings (SSSR count). The quantitative estimate of drug-likeness (QED) is 0.732. The highest BCUT2D eigenvalue weighted by Gasteiger charge is 2.06. The number of unbranched alkanes of at least 4 members (excludes halogenated alkanes) is 2. The van der Waals surface area contributed by atoms with Crippen molar-refractivity contribution in [3.63, 3.8) is 0 Å². The van der Waals surface area contributed by atoms with Gasteiger partial charge >= 0.3 is 0 Å². The molecular formula is C13H17F2NO2. The van der Waals surface area contributed by atoms with Crippen LogP contribution in [0.3, 0.4) is 0 Å². The van der Waals surface area contributed by atoms with Crippen LogP contribution >= 0.6 is 0 Å². The summed E-state index contributed by atoms with van der Waals surface area (Å²) in [6.45, 7) is 0.686. The molecule has 0 unspecified atom stereocenters. The summed E-state index contributed by atoms with van der Waals surface area (Å²) in [7, 11) is 0. The van der Waals surface area contributed by atoms with Crippen molar-refractivity contribution in [2.75, 3.05) is 13.2 Å².